The van der Waals surface area contributed by atoms with E-state index in [0.29, 0.717) is 32.6 Å². The minimum atomic E-state index is -3.46. The highest BCUT2D eigenvalue weighted by molar-refractivity contribution is 7.89. The van der Waals surface area contributed by atoms with Crippen LogP contribution in [0.3, 0.4) is 0 Å². The Morgan fingerprint density at radius 3 is 2.31 bits per heavy atom. The molecule has 0 saturated carbocycles. The molecule has 0 unspecified atom stereocenters. The SMILES string of the molecule is COc1ccc(CCC(=O)N(CCS(=O)(=O)N2CCNCC2)Cc2ccc(F)cc2)cc1. The average molecular weight is 464 g/mol. The van der Waals surface area contributed by atoms with Crippen molar-refractivity contribution >= 4 is 15.9 Å². The van der Waals surface area contributed by atoms with Gasteiger partial charge in [-0.25, -0.2) is 12.8 Å². The summed E-state index contributed by atoms with van der Waals surface area (Å²) in [6.07, 6.45) is 0.786. The molecule has 1 aliphatic heterocycles. The van der Waals surface area contributed by atoms with Crippen molar-refractivity contribution in [3.63, 3.8) is 0 Å². The van der Waals surface area contributed by atoms with E-state index in [4.69, 9.17) is 4.74 Å². The number of halogens is 1. The van der Waals surface area contributed by atoms with Crippen LogP contribution in [-0.4, -0.2) is 69.1 Å². The van der Waals surface area contributed by atoms with Crippen LogP contribution in [0, 0.1) is 5.82 Å². The topological polar surface area (TPSA) is 79.0 Å². The van der Waals surface area contributed by atoms with Gasteiger partial charge in [0.2, 0.25) is 15.9 Å². The van der Waals surface area contributed by atoms with E-state index in [2.05, 4.69) is 5.32 Å². The number of amides is 1. The molecule has 0 aliphatic carbocycles. The molecule has 0 atom stereocenters. The van der Waals surface area contributed by atoms with Gasteiger partial charge in [0, 0.05) is 45.7 Å². The standard InChI is InChI=1S/C23H30FN3O4S/c1-31-22-9-4-19(5-10-22)6-11-23(28)26(18-20-2-7-21(24)8-3-20)16-17-32(29,30)27-14-12-25-13-15-27/h2-5,7-10,25H,6,11-18H2,1H3. The summed E-state index contributed by atoms with van der Waals surface area (Å²) in [5, 5.41) is 3.14. The summed E-state index contributed by atoms with van der Waals surface area (Å²) >= 11 is 0. The molecule has 3 rings (SSSR count). The summed E-state index contributed by atoms with van der Waals surface area (Å²) in [6, 6.07) is 13.4. The molecule has 7 nitrogen and oxygen atoms in total. The number of hydrogen-bond acceptors (Lipinski definition) is 5. The zero-order valence-corrected chi connectivity index (χ0v) is 19.1. The number of nitrogens with zero attached hydrogens (tertiary/aromatic N) is 2. The second kappa shape index (κ2) is 11.4. The molecule has 1 amide bonds. The summed E-state index contributed by atoms with van der Waals surface area (Å²) in [4.78, 5) is 14.6. The summed E-state index contributed by atoms with van der Waals surface area (Å²) in [7, 11) is -1.86. The molecule has 1 aliphatic rings. The van der Waals surface area contributed by atoms with E-state index in [-0.39, 0.29) is 37.0 Å². The van der Waals surface area contributed by atoms with Gasteiger partial charge in [-0.1, -0.05) is 24.3 Å². The molecule has 0 aromatic heterocycles. The van der Waals surface area contributed by atoms with Crippen molar-refractivity contribution in [2.45, 2.75) is 19.4 Å². The maximum Gasteiger partial charge on any atom is 0.223 e. The van der Waals surface area contributed by atoms with E-state index < -0.39 is 10.0 Å². The first-order valence-corrected chi connectivity index (χ1v) is 12.3. The maximum absolute atomic E-state index is 13.3. The Bertz CT molecular complexity index is 975. The molecule has 9 heteroatoms. The third-order valence-electron chi connectivity index (χ3n) is 5.51. The molecule has 2 aromatic rings. The van der Waals surface area contributed by atoms with Gasteiger partial charge < -0.3 is 15.0 Å². The number of carbonyl (C=O) groups excluding carboxylic acids is 1. The molecule has 1 fully saturated rings. The lowest BCUT2D eigenvalue weighted by Crippen LogP contribution is -2.48. The van der Waals surface area contributed by atoms with E-state index in [1.165, 1.54) is 16.4 Å². The van der Waals surface area contributed by atoms with E-state index >= 15 is 0 Å². The fourth-order valence-electron chi connectivity index (χ4n) is 3.58. The smallest absolute Gasteiger partial charge is 0.223 e. The highest BCUT2D eigenvalue weighted by Gasteiger charge is 2.25. The Kier molecular flexibility index (Phi) is 8.60. The van der Waals surface area contributed by atoms with Gasteiger partial charge in [0.05, 0.1) is 12.9 Å². The van der Waals surface area contributed by atoms with Crippen LogP contribution in [0.15, 0.2) is 48.5 Å². The predicted molar refractivity (Wildman–Crippen MR) is 121 cm³/mol. The van der Waals surface area contributed by atoms with Gasteiger partial charge in [0.15, 0.2) is 0 Å². The Morgan fingerprint density at radius 1 is 1.06 bits per heavy atom. The first-order chi connectivity index (χ1) is 15.4. The van der Waals surface area contributed by atoms with E-state index in [1.807, 2.05) is 24.3 Å². The second-order valence-corrected chi connectivity index (χ2v) is 9.84. The fourth-order valence-corrected chi connectivity index (χ4v) is 5.03. The lowest BCUT2D eigenvalue weighted by Gasteiger charge is -2.28. The van der Waals surface area contributed by atoms with Gasteiger partial charge in [-0.05, 0) is 41.8 Å². The number of rotatable bonds is 10. The molecule has 174 valence electrons. The predicted octanol–water partition coefficient (Wildman–Crippen LogP) is 2.03. The third kappa shape index (κ3) is 7.01. The van der Waals surface area contributed by atoms with Crippen molar-refractivity contribution in [2.24, 2.45) is 0 Å². The first kappa shape index (κ1) is 24.2. The molecule has 1 N–H and O–H groups in total. The van der Waals surface area contributed by atoms with Crippen molar-refractivity contribution in [1.82, 2.24) is 14.5 Å². The number of sulfonamides is 1. The van der Waals surface area contributed by atoms with Gasteiger partial charge in [0.1, 0.15) is 11.6 Å². The zero-order chi connectivity index (χ0) is 23.0. The largest absolute Gasteiger partial charge is 0.497 e. The van der Waals surface area contributed by atoms with Gasteiger partial charge in [-0.15, -0.1) is 0 Å². The average Bonchev–Trinajstić information content (AvgIpc) is 2.82. The number of carbonyl (C=O) groups is 1. The minimum Gasteiger partial charge on any atom is -0.497 e. The van der Waals surface area contributed by atoms with Crippen LogP contribution < -0.4 is 10.1 Å². The lowest BCUT2D eigenvalue weighted by molar-refractivity contribution is -0.131. The fraction of sp³-hybridized carbons (Fsp3) is 0.435. The molecule has 0 radical (unpaired) electrons. The zero-order valence-electron chi connectivity index (χ0n) is 18.3. The quantitative estimate of drug-likeness (QED) is 0.583. The molecule has 0 spiro atoms. The van der Waals surface area contributed by atoms with Crippen LogP contribution in [0.4, 0.5) is 4.39 Å². The van der Waals surface area contributed by atoms with Crippen molar-refractivity contribution < 1.29 is 22.3 Å². The molecule has 2 aromatic carbocycles. The lowest BCUT2D eigenvalue weighted by atomic mass is 10.1. The summed E-state index contributed by atoms with van der Waals surface area (Å²) in [5.74, 6) is 0.117. The molecule has 32 heavy (non-hydrogen) atoms. The van der Waals surface area contributed by atoms with Crippen LogP contribution in [0.25, 0.3) is 0 Å². The van der Waals surface area contributed by atoms with Crippen LogP contribution in [0.1, 0.15) is 17.5 Å². The normalized spacial score (nSPS) is 14.8. The van der Waals surface area contributed by atoms with Crippen molar-refractivity contribution in [3.05, 3.63) is 65.5 Å². The van der Waals surface area contributed by atoms with E-state index in [1.54, 1.807) is 24.1 Å². The van der Waals surface area contributed by atoms with Crippen LogP contribution in [-0.2, 0) is 27.8 Å². The molecule has 1 heterocycles. The Hall–Kier alpha value is -2.49. The van der Waals surface area contributed by atoms with Crippen LogP contribution >= 0.6 is 0 Å². The third-order valence-corrected chi connectivity index (χ3v) is 7.36. The van der Waals surface area contributed by atoms with Crippen molar-refractivity contribution in [2.75, 3.05) is 45.6 Å². The van der Waals surface area contributed by atoms with Crippen molar-refractivity contribution in [3.8, 4) is 5.75 Å². The second-order valence-electron chi connectivity index (χ2n) is 7.75. The highest BCUT2D eigenvalue weighted by atomic mass is 32.2. The minimum absolute atomic E-state index is 0.0884. The van der Waals surface area contributed by atoms with E-state index in [9.17, 15) is 17.6 Å². The van der Waals surface area contributed by atoms with Crippen LogP contribution in [0.2, 0.25) is 0 Å². The number of benzene rings is 2. The molecular weight excluding hydrogens is 433 g/mol. The van der Waals surface area contributed by atoms with E-state index in [0.717, 1.165) is 16.9 Å². The van der Waals surface area contributed by atoms with Gasteiger partial charge in [-0.3, -0.25) is 4.79 Å². The maximum atomic E-state index is 13.3. The number of piperazine rings is 1. The number of aryl methyl sites for hydroxylation is 1. The summed E-state index contributed by atoms with van der Waals surface area (Å²) in [5.41, 5.74) is 1.75. The Labute approximate surface area is 189 Å². The van der Waals surface area contributed by atoms with Gasteiger partial charge in [0.25, 0.3) is 0 Å². The highest BCUT2D eigenvalue weighted by Crippen LogP contribution is 2.15. The number of ether oxygens (including phenoxy) is 1. The van der Waals surface area contributed by atoms with Gasteiger partial charge in [-0.2, -0.15) is 4.31 Å². The summed E-state index contributed by atoms with van der Waals surface area (Å²) < 4.78 is 45.4. The Morgan fingerprint density at radius 2 is 1.69 bits per heavy atom. The van der Waals surface area contributed by atoms with Crippen LogP contribution in [0.5, 0.6) is 5.75 Å². The summed E-state index contributed by atoms with van der Waals surface area (Å²) in [6.45, 7) is 2.44. The number of hydrogen-bond donors (Lipinski definition) is 1. The van der Waals surface area contributed by atoms with Crippen molar-refractivity contribution in [1.29, 1.82) is 0 Å². The van der Waals surface area contributed by atoms with Gasteiger partial charge >= 0.3 is 0 Å². The number of methoxy groups -OCH3 is 1. The molecular formula is C23H30FN3O4S. The molecule has 0 bridgehead atoms. The first-order valence-electron chi connectivity index (χ1n) is 10.7. The number of nitrogens with one attached hydrogen (secondary N) is 1. The monoisotopic (exact) mass is 463 g/mol. The molecule has 1 saturated heterocycles. The Balaban J connectivity index is 1.65.